The molecule has 0 saturated carbocycles. The Morgan fingerprint density at radius 2 is 2.20 bits per heavy atom. The molecule has 0 bridgehead atoms. The Balaban J connectivity index is 1.69. The third kappa shape index (κ3) is 4.12. The van der Waals surface area contributed by atoms with Gasteiger partial charge in [0.2, 0.25) is 5.91 Å². The van der Waals surface area contributed by atoms with E-state index >= 15 is 0 Å². The van der Waals surface area contributed by atoms with Gasteiger partial charge in [0.1, 0.15) is 12.4 Å². The number of aromatic nitrogens is 1. The van der Waals surface area contributed by atoms with E-state index in [4.69, 9.17) is 9.26 Å². The summed E-state index contributed by atoms with van der Waals surface area (Å²) in [5.74, 6) is 1.01. The SMILES string of the molecule is COCC(=O)N1CCCCC1C1=CCCN(Cc2c(C)noc2C)C1. The van der Waals surface area contributed by atoms with Gasteiger partial charge < -0.3 is 14.2 Å². The van der Waals surface area contributed by atoms with Crippen LogP contribution in [-0.2, 0) is 16.1 Å². The summed E-state index contributed by atoms with van der Waals surface area (Å²) >= 11 is 0. The second-order valence-electron chi connectivity index (χ2n) is 7.11. The van der Waals surface area contributed by atoms with Crippen LogP contribution < -0.4 is 0 Å². The maximum absolute atomic E-state index is 12.4. The van der Waals surface area contributed by atoms with E-state index in [1.165, 1.54) is 17.6 Å². The molecule has 1 saturated heterocycles. The van der Waals surface area contributed by atoms with Crippen molar-refractivity contribution in [2.45, 2.75) is 52.1 Å². The zero-order valence-electron chi connectivity index (χ0n) is 15.6. The van der Waals surface area contributed by atoms with Crippen LogP contribution in [0, 0.1) is 13.8 Å². The topological polar surface area (TPSA) is 58.8 Å². The molecule has 6 nitrogen and oxygen atoms in total. The maximum atomic E-state index is 12.4. The molecular weight excluding hydrogens is 318 g/mol. The summed E-state index contributed by atoms with van der Waals surface area (Å²) in [4.78, 5) is 16.9. The first-order valence-corrected chi connectivity index (χ1v) is 9.21. The van der Waals surface area contributed by atoms with Crippen LogP contribution >= 0.6 is 0 Å². The summed E-state index contributed by atoms with van der Waals surface area (Å²) < 4.78 is 10.4. The van der Waals surface area contributed by atoms with Gasteiger partial charge in [0.15, 0.2) is 0 Å². The Bertz CT molecular complexity index is 618. The normalized spacial score (nSPS) is 22.1. The molecule has 3 heterocycles. The summed E-state index contributed by atoms with van der Waals surface area (Å²) in [5, 5.41) is 4.06. The smallest absolute Gasteiger partial charge is 0.249 e. The Morgan fingerprint density at radius 1 is 1.36 bits per heavy atom. The number of amides is 1. The highest BCUT2D eigenvalue weighted by atomic mass is 16.5. The van der Waals surface area contributed by atoms with Crippen LogP contribution in [0.25, 0.3) is 0 Å². The van der Waals surface area contributed by atoms with Crippen LogP contribution in [0.5, 0.6) is 0 Å². The predicted octanol–water partition coefficient (Wildman–Crippen LogP) is 2.45. The molecule has 1 amide bonds. The number of ether oxygens (including phenoxy) is 1. The van der Waals surface area contributed by atoms with Crippen LogP contribution in [0.2, 0.25) is 0 Å². The van der Waals surface area contributed by atoms with Crippen molar-refractivity contribution in [3.05, 3.63) is 28.7 Å². The minimum Gasteiger partial charge on any atom is -0.375 e. The molecule has 1 aromatic heterocycles. The first-order chi connectivity index (χ1) is 12.1. The molecule has 0 aliphatic carbocycles. The number of hydrogen-bond acceptors (Lipinski definition) is 5. The van der Waals surface area contributed by atoms with E-state index < -0.39 is 0 Å². The summed E-state index contributed by atoms with van der Waals surface area (Å²) in [6.07, 6.45) is 6.69. The molecule has 0 N–H and O–H groups in total. The quantitative estimate of drug-likeness (QED) is 0.766. The Kier molecular flexibility index (Phi) is 5.91. The average Bonchev–Trinajstić information content (AvgIpc) is 2.94. The van der Waals surface area contributed by atoms with Gasteiger partial charge in [0.05, 0.1) is 11.7 Å². The Morgan fingerprint density at radius 3 is 2.92 bits per heavy atom. The maximum Gasteiger partial charge on any atom is 0.249 e. The minimum atomic E-state index is 0.107. The average molecular weight is 347 g/mol. The van der Waals surface area contributed by atoms with Crippen LogP contribution in [0.15, 0.2) is 16.2 Å². The number of carbonyl (C=O) groups is 1. The van der Waals surface area contributed by atoms with Crippen LogP contribution in [0.4, 0.5) is 0 Å². The van der Waals surface area contributed by atoms with Crippen LogP contribution in [-0.4, -0.2) is 60.3 Å². The van der Waals surface area contributed by atoms with Crippen molar-refractivity contribution < 1.29 is 14.1 Å². The molecule has 0 aromatic carbocycles. The van der Waals surface area contributed by atoms with Gasteiger partial charge in [-0.05, 0) is 45.1 Å². The zero-order chi connectivity index (χ0) is 17.8. The van der Waals surface area contributed by atoms with Crippen LogP contribution in [0.1, 0.15) is 42.7 Å². The summed E-state index contributed by atoms with van der Waals surface area (Å²) in [6, 6.07) is 0.226. The lowest BCUT2D eigenvalue weighted by Crippen LogP contribution is -2.48. The lowest BCUT2D eigenvalue weighted by molar-refractivity contribution is -0.138. The molecule has 1 fully saturated rings. The van der Waals surface area contributed by atoms with Crippen molar-refractivity contribution in [2.24, 2.45) is 0 Å². The van der Waals surface area contributed by atoms with Crippen molar-refractivity contribution in [3.8, 4) is 0 Å². The van der Waals surface area contributed by atoms with Gasteiger partial charge in [0.25, 0.3) is 0 Å². The van der Waals surface area contributed by atoms with Gasteiger partial charge in [-0.3, -0.25) is 9.69 Å². The van der Waals surface area contributed by atoms with Gasteiger partial charge >= 0.3 is 0 Å². The highest BCUT2D eigenvalue weighted by Gasteiger charge is 2.31. The van der Waals surface area contributed by atoms with E-state index in [0.29, 0.717) is 0 Å². The molecule has 3 rings (SSSR count). The van der Waals surface area contributed by atoms with E-state index in [2.05, 4.69) is 16.1 Å². The number of carbonyl (C=O) groups excluding carboxylic acids is 1. The lowest BCUT2D eigenvalue weighted by atomic mass is 9.92. The second kappa shape index (κ2) is 8.15. The molecule has 2 aliphatic heterocycles. The van der Waals surface area contributed by atoms with Gasteiger partial charge in [-0.15, -0.1) is 0 Å². The monoisotopic (exact) mass is 347 g/mol. The third-order valence-electron chi connectivity index (χ3n) is 5.34. The van der Waals surface area contributed by atoms with Crippen molar-refractivity contribution in [3.63, 3.8) is 0 Å². The predicted molar refractivity (Wildman–Crippen MR) is 95.2 cm³/mol. The molecule has 0 radical (unpaired) electrons. The lowest BCUT2D eigenvalue weighted by Gasteiger charge is -2.40. The van der Waals surface area contributed by atoms with E-state index in [9.17, 15) is 4.79 Å². The standard InChI is InChI=1S/C19H29N3O3/c1-14-17(15(2)25-20-14)12-21-9-6-7-16(11-21)18-8-4-5-10-22(18)19(23)13-24-3/h7,18H,4-6,8-13H2,1-3H3. The Hall–Kier alpha value is -1.66. The number of likely N-dealkylation sites (tertiary alicyclic amines) is 1. The molecule has 0 spiro atoms. The van der Waals surface area contributed by atoms with Crippen molar-refractivity contribution in [2.75, 3.05) is 33.4 Å². The number of piperidine rings is 1. The van der Waals surface area contributed by atoms with E-state index in [0.717, 1.165) is 56.9 Å². The van der Waals surface area contributed by atoms with Gasteiger partial charge in [-0.25, -0.2) is 0 Å². The molecule has 25 heavy (non-hydrogen) atoms. The fraction of sp³-hybridized carbons (Fsp3) is 0.684. The van der Waals surface area contributed by atoms with E-state index in [1.807, 2.05) is 18.7 Å². The highest BCUT2D eigenvalue weighted by Crippen LogP contribution is 2.27. The number of methoxy groups -OCH3 is 1. The summed E-state index contributed by atoms with van der Waals surface area (Å²) in [5.41, 5.74) is 3.54. The fourth-order valence-electron chi connectivity index (χ4n) is 3.98. The zero-order valence-corrected chi connectivity index (χ0v) is 15.6. The second-order valence-corrected chi connectivity index (χ2v) is 7.11. The first-order valence-electron chi connectivity index (χ1n) is 9.21. The largest absolute Gasteiger partial charge is 0.375 e. The number of rotatable bonds is 5. The summed E-state index contributed by atoms with van der Waals surface area (Å²) in [7, 11) is 1.59. The highest BCUT2D eigenvalue weighted by molar-refractivity contribution is 5.78. The number of hydrogen-bond donors (Lipinski definition) is 0. The molecule has 138 valence electrons. The number of aryl methyl sites for hydroxylation is 2. The van der Waals surface area contributed by atoms with E-state index in [1.54, 1.807) is 7.11 Å². The molecule has 2 aliphatic rings. The molecule has 1 aromatic rings. The van der Waals surface area contributed by atoms with Gasteiger partial charge in [-0.1, -0.05) is 11.2 Å². The fourth-order valence-corrected chi connectivity index (χ4v) is 3.98. The Labute approximate surface area is 149 Å². The first kappa shape index (κ1) is 18.1. The summed E-state index contributed by atoms with van der Waals surface area (Å²) in [6.45, 7) is 7.79. The number of nitrogens with zero attached hydrogens (tertiary/aromatic N) is 3. The van der Waals surface area contributed by atoms with Crippen LogP contribution in [0.3, 0.4) is 0 Å². The van der Waals surface area contributed by atoms with Crippen molar-refractivity contribution in [1.29, 1.82) is 0 Å². The molecule has 1 atom stereocenters. The molecule has 6 heteroatoms. The van der Waals surface area contributed by atoms with Crippen molar-refractivity contribution in [1.82, 2.24) is 15.0 Å². The van der Waals surface area contributed by atoms with E-state index in [-0.39, 0.29) is 18.6 Å². The van der Waals surface area contributed by atoms with Crippen molar-refractivity contribution >= 4 is 5.91 Å². The minimum absolute atomic E-state index is 0.107. The third-order valence-corrected chi connectivity index (χ3v) is 5.34. The molecular formula is C19H29N3O3. The van der Waals surface area contributed by atoms with Gasteiger partial charge in [0, 0.05) is 38.9 Å². The molecule has 1 unspecified atom stereocenters. The van der Waals surface area contributed by atoms with Gasteiger partial charge in [-0.2, -0.15) is 0 Å².